The second-order valence-electron chi connectivity index (χ2n) is 5.38. The number of methoxy groups -OCH3 is 2. The van der Waals surface area contributed by atoms with Crippen molar-refractivity contribution in [1.82, 2.24) is 10.2 Å². The predicted molar refractivity (Wildman–Crippen MR) is 113 cm³/mol. The Hall–Kier alpha value is -2.36. The maximum atomic E-state index is 12.7. The molecule has 1 saturated heterocycles. The van der Waals surface area contributed by atoms with Crippen molar-refractivity contribution in [3.05, 3.63) is 35.6 Å². The molecule has 172 valence electrons. The Labute approximate surface area is 178 Å². The molecule has 1 heterocycles. The minimum absolute atomic E-state index is 0.0593. The molecule has 0 unspecified atom stereocenters. The van der Waals surface area contributed by atoms with Crippen molar-refractivity contribution < 1.29 is 33.0 Å². The van der Waals surface area contributed by atoms with Crippen molar-refractivity contribution in [1.29, 1.82) is 0 Å². The highest BCUT2D eigenvalue weighted by atomic mass is 19.1. The highest BCUT2D eigenvalue weighted by Gasteiger charge is 2.17. The summed E-state index contributed by atoms with van der Waals surface area (Å²) in [6.07, 6.45) is 0.708. The first-order valence-electron chi connectivity index (χ1n) is 9.80. The van der Waals surface area contributed by atoms with Gasteiger partial charge in [0.25, 0.3) is 5.91 Å². The van der Waals surface area contributed by atoms with Gasteiger partial charge in [-0.15, -0.1) is 0 Å². The van der Waals surface area contributed by atoms with Crippen LogP contribution in [0.15, 0.2) is 24.3 Å². The van der Waals surface area contributed by atoms with Gasteiger partial charge >= 0.3 is 0 Å². The molecule has 1 aliphatic heterocycles. The van der Waals surface area contributed by atoms with Gasteiger partial charge in [-0.25, -0.2) is 4.39 Å². The Morgan fingerprint density at radius 2 is 1.67 bits per heavy atom. The number of morpholine rings is 1. The number of halogens is 1. The summed E-state index contributed by atoms with van der Waals surface area (Å²) in [4.78, 5) is 34.4. The lowest BCUT2D eigenvalue weighted by Crippen LogP contribution is -2.45. The number of carbonyl (C=O) groups excluding carboxylic acids is 3. The number of hydrogen-bond acceptors (Lipinski definition) is 6. The molecule has 0 radical (unpaired) electrons. The molecule has 9 heteroatoms. The van der Waals surface area contributed by atoms with Crippen molar-refractivity contribution in [3.8, 4) is 0 Å². The highest BCUT2D eigenvalue weighted by Crippen LogP contribution is 2.02. The third kappa shape index (κ3) is 15.5. The number of benzene rings is 1. The van der Waals surface area contributed by atoms with Gasteiger partial charge in [-0.2, -0.15) is 0 Å². The summed E-state index contributed by atoms with van der Waals surface area (Å²) in [5.74, 6) is -0.929. The molecule has 2 rings (SSSR count). The van der Waals surface area contributed by atoms with Crippen LogP contribution < -0.4 is 5.32 Å². The van der Waals surface area contributed by atoms with Gasteiger partial charge in [0.15, 0.2) is 0 Å². The number of amides is 2. The van der Waals surface area contributed by atoms with Gasteiger partial charge in [-0.1, -0.05) is 13.8 Å². The topological polar surface area (TPSA) is 94.2 Å². The van der Waals surface area contributed by atoms with E-state index in [-0.39, 0.29) is 25.0 Å². The number of aldehydes is 1. The molecule has 0 spiro atoms. The third-order valence-corrected chi connectivity index (χ3v) is 3.39. The van der Waals surface area contributed by atoms with Crippen LogP contribution in [0.3, 0.4) is 0 Å². The van der Waals surface area contributed by atoms with Crippen LogP contribution in [0.1, 0.15) is 31.1 Å². The molecule has 2 amide bonds. The summed E-state index contributed by atoms with van der Waals surface area (Å²) in [7, 11) is 3.16. The van der Waals surface area contributed by atoms with Gasteiger partial charge in [0, 0.05) is 39.5 Å². The minimum Gasteiger partial charge on any atom is -0.385 e. The van der Waals surface area contributed by atoms with E-state index in [0.717, 1.165) is 6.61 Å². The molecule has 1 N–H and O–H groups in total. The van der Waals surface area contributed by atoms with Gasteiger partial charge in [0.1, 0.15) is 18.7 Å². The first kappa shape index (κ1) is 29.8. The lowest BCUT2D eigenvalue weighted by molar-refractivity contribution is -0.134. The van der Waals surface area contributed by atoms with Crippen molar-refractivity contribution in [2.75, 3.05) is 60.3 Å². The summed E-state index contributed by atoms with van der Waals surface area (Å²) in [6, 6.07) is 5.17. The molecule has 1 aromatic carbocycles. The highest BCUT2D eigenvalue weighted by molar-refractivity contribution is 5.96. The summed E-state index contributed by atoms with van der Waals surface area (Å²) in [5.41, 5.74) is 0.330. The number of hydrogen-bond donors (Lipinski definition) is 1. The number of ether oxygens (including phenoxy) is 3. The number of nitrogens with zero attached hydrogens (tertiary/aromatic N) is 1. The lowest BCUT2D eigenvalue weighted by atomic mass is 10.2. The standard InChI is InChI=1S/C13H15FN2O3.C3H6O2.C3H8O.C2H6/c14-11-3-1-10(2-4-11)13(18)15-9-12(17)16-5-7-19-8-6-16;1-5-3-2-4;1-3-4-2;1-2/h1-4H,5-9H2,(H,15,18);2H,3H2,1H3;3H2,1-2H3;1-2H3. The molecule has 1 fully saturated rings. The van der Waals surface area contributed by atoms with Crippen LogP contribution in [0, 0.1) is 5.82 Å². The van der Waals surface area contributed by atoms with Gasteiger partial charge < -0.3 is 29.2 Å². The van der Waals surface area contributed by atoms with Gasteiger partial charge in [0.2, 0.25) is 5.91 Å². The van der Waals surface area contributed by atoms with Crippen molar-refractivity contribution in [2.45, 2.75) is 20.8 Å². The monoisotopic (exact) mass is 430 g/mol. The average molecular weight is 431 g/mol. The minimum atomic E-state index is -0.402. The zero-order chi connectivity index (χ0) is 23.2. The van der Waals surface area contributed by atoms with Crippen LogP contribution in [-0.4, -0.2) is 83.3 Å². The average Bonchev–Trinajstić information content (AvgIpc) is 2.80. The molecule has 30 heavy (non-hydrogen) atoms. The maximum Gasteiger partial charge on any atom is 0.251 e. The van der Waals surface area contributed by atoms with Gasteiger partial charge in [-0.3, -0.25) is 9.59 Å². The second-order valence-corrected chi connectivity index (χ2v) is 5.38. The molecular formula is C21H35FN2O6. The Morgan fingerprint density at radius 1 is 1.13 bits per heavy atom. The molecule has 1 aliphatic rings. The zero-order valence-corrected chi connectivity index (χ0v) is 18.6. The summed E-state index contributed by atoms with van der Waals surface area (Å²) in [6.45, 7) is 9.07. The van der Waals surface area contributed by atoms with Crippen LogP contribution in [0.2, 0.25) is 0 Å². The van der Waals surface area contributed by atoms with Crippen molar-refractivity contribution >= 4 is 18.1 Å². The lowest BCUT2D eigenvalue weighted by Gasteiger charge is -2.26. The van der Waals surface area contributed by atoms with Gasteiger partial charge in [0.05, 0.1) is 19.8 Å². The molecular weight excluding hydrogens is 395 g/mol. The molecule has 0 atom stereocenters. The third-order valence-electron chi connectivity index (χ3n) is 3.39. The molecule has 8 nitrogen and oxygen atoms in total. The van der Waals surface area contributed by atoms with E-state index >= 15 is 0 Å². The fourth-order valence-electron chi connectivity index (χ4n) is 1.85. The molecule has 0 saturated carbocycles. The van der Waals surface area contributed by atoms with Crippen LogP contribution in [0.25, 0.3) is 0 Å². The van der Waals surface area contributed by atoms with E-state index in [2.05, 4.69) is 14.8 Å². The molecule has 0 aliphatic carbocycles. The fraction of sp³-hybridized carbons (Fsp3) is 0.571. The normalized spacial score (nSPS) is 12.0. The predicted octanol–water partition coefficient (Wildman–Crippen LogP) is 1.92. The van der Waals surface area contributed by atoms with Crippen LogP contribution in [0.5, 0.6) is 0 Å². The number of rotatable bonds is 6. The fourth-order valence-corrected chi connectivity index (χ4v) is 1.85. The summed E-state index contributed by atoms with van der Waals surface area (Å²) in [5, 5.41) is 2.52. The first-order valence-corrected chi connectivity index (χ1v) is 9.80. The Kier molecular flexibility index (Phi) is 21.2. The SMILES string of the molecule is CC.CCOC.COCC=O.O=C(NCC(=O)N1CCOCC1)c1ccc(F)cc1. The van der Waals surface area contributed by atoms with Crippen molar-refractivity contribution in [2.24, 2.45) is 0 Å². The summed E-state index contributed by atoms with van der Waals surface area (Å²) >= 11 is 0. The second kappa shape index (κ2) is 21.4. The Morgan fingerprint density at radius 3 is 2.07 bits per heavy atom. The summed E-state index contributed by atoms with van der Waals surface area (Å²) < 4.78 is 26.7. The van der Waals surface area contributed by atoms with Crippen LogP contribution >= 0.6 is 0 Å². The van der Waals surface area contributed by atoms with Gasteiger partial charge in [-0.05, 0) is 31.2 Å². The Balaban J connectivity index is 0. The van der Waals surface area contributed by atoms with Crippen LogP contribution in [0.4, 0.5) is 4.39 Å². The largest absolute Gasteiger partial charge is 0.385 e. The number of carbonyl (C=O) groups is 3. The Bertz CT molecular complexity index is 561. The van der Waals surface area contributed by atoms with E-state index < -0.39 is 5.82 Å². The van der Waals surface area contributed by atoms with E-state index in [1.807, 2.05) is 20.8 Å². The van der Waals surface area contributed by atoms with E-state index in [1.54, 1.807) is 12.0 Å². The smallest absolute Gasteiger partial charge is 0.251 e. The van der Waals surface area contributed by atoms with E-state index in [0.29, 0.717) is 38.2 Å². The quantitative estimate of drug-likeness (QED) is 0.693. The molecule has 0 bridgehead atoms. The molecule has 0 aromatic heterocycles. The molecule has 1 aromatic rings. The van der Waals surface area contributed by atoms with Crippen LogP contribution in [-0.2, 0) is 23.8 Å². The van der Waals surface area contributed by atoms with Crippen molar-refractivity contribution in [3.63, 3.8) is 0 Å². The first-order chi connectivity index (χ1) is 14.5. The van der Waals surface area contributed by atoms with E-state index in [1.165, 1.54) is 31.4 Å². The van der Waals surface area contributed by atoms with E-state index in [9.17, 15) is 18.8 Å². The van der Waals surface area contributed by atoms with E-state index in [4.69, 9.17) is 4.74 Å². The zero-order valence-electron chi connectivity index (χ0n) is 18.6. The maximum absolute atomic E-state index is 12.7. The number of nitrogens with one attached hydrogen (secondary N) is 1.